The summed E-state index contributed by atoms with van der Waals surface area (Å²) in [5.74, 6) is -0.279. The van der Waals surface area contributed by atoms with Crippen molar-refractivity contribution in [2.75, 3.05) is 12.4 Å². The lowest BCUT2D eigenvalue weighted by molar-refractivity contribution is 0.0601. The second-order valence-electron chi connectivity index (χ2n) is 7.08. The van der Waals surface area contributed by atoms with Gasteiger partial charge in [0.05, 0.1) is 18.7 Å². The van der Waals surface area contributed by atoms with Crippen LogP contribution in [0.3, 0.4) is 0 Å². The monoisotopic (exact) mass is 416 g/mol. The summed E-state index contributed by atoms with van der Waals surface area (Å²) in [6.45, 7) is 2.13. The van der Waals surface area contributed by atoms with Gasteiger partial charge in [-0.1, -0.05) is 50.1 Å². The highest BCUT2D eigenvalue weighted by molar-refractivity contribution is 7.80. The van der Waals surface area contributed by atoms with E-state index < -0.39 is 0 Å². The zero-order valence-electron chi connectivity index (χ0n) is 16.5. The van der Waals surface area contributed by atoms with Crippen LogP contribution in [0.4, 0.5) is 5.00 Å². The highest BCUT2D eigenvalue weighted by atomic mass is 32.1. The molecular weight excluding hydrogens is 388 g/mol. The van der Waals surface area contributed by atoms with Crippen molar-refractivity contribution in [2.24, 2.45) is 0 Å². The van der Waals surface area contributed by atoms with Gasteiger partial charge in [0, 0.05) is 4.88 Å². The van der Waals surface area contributed by atoms with Gasteiger partial charge in [0.15, 0.2) is 5.11 Å². The van der Waals surface area contributed by atoms with Gasteiger partial charge < -0.3 is 15.4 Å². The summed E-state index contributed by atoms with van der Waals surface area (Å²) in [6, 6.07) is 10.4. The Hall–Kier alpha value is -1.92. The lowest BCUT2D eigenvalue weighted by Crippen LogP contribution is -2.32. The van der Waals surface area contributed by atoms with Crippen LogP contribution in [0.15, 0.2) is 30.3 Å². The molecule has 1 heterocycles. The third-order valence-electron chi connectivity index (χ3n) is 5.20. The van der Waals surface area contributed by atoms with Crippen LogP contribution >= 0.6 is 23.6 Å². The molecular formula is C22H28N2O2S2. The number of hydrogen-bond acceptors (Lipinski definition) is 4. The van der Waals surface area contributed by atoms with Crippen molar-refractivity contribution >= 4 is 39.6 Å². The van der Waals surface area contributed by atoms with Crippen molar-refractivity contribution < 1.29 is 9.53 Å². The van der Waals surface area contributed by atoms with Crippen molar-refractivity contribution in [2.45, 2.75) is 57.9 Å². The molecule has 1 unspecified atom stereocenters. The number of benzene rings is 1. The Labute approximate surface area is 176 Å². The van der Waals surface area contributed by atoms with E-state index in [1.807, 2.05) is 18.2 Å². The number of carbonyl (C=O) groups is 1. The third-order valence-corrected chi connectivity index (χ3v) is 6.63. The van der Waals surface area contributed by atoms with Crippen molar-refractivity contribution in [3.05, 3.63) is 51.9 Å². The number of fused-ring (bicyclic) bond motifs is 1. The Bertz CT molecular complexity index is 817. The zero-order chi connectivity index (χ0) is 19.9. The number of carbonyl (C=O) groups excluding carboxylic acids is 1. The first-order chi connectivity index (χ1) is 13.6. The van der Waals surface area contributed by atoms with Gasteiger partial charge >= 0.3 is 5.97 Å². The lowest BCUT2D eigenvalue weighted by Gasteiger charge is -2.20. The molecule has 1 aliphatic carbocycles. The Morgan fingerprint density at radius 1 is 1.18 bits per heavy atom. The standard InChI is InChI=1S/C22H28N2O2S2/c1-3-17(15-11-7-6-8-12-15)23-22(27)24-20-19(21(25)26-2)16-13-9-4-5-10-14-18(16)28-20/h6-8,11-12,17H,3-5,9-10,13-14H2,1-2H3,(H2,23,24,27). The number of esters is 1. The number of thiophene rings is 1. The molecule has 3 rings (SSSR count). The molecule has 6 heteroatoms. The highest BCUT2D eigenvalue weighted by Gasteiger charge is 2.25. The van der Waals surface area contributed by atoms with E-state index in [0.29, 0.717) is 10.7 Å². The van der Waals surface area contributed by atoms with Gasteiger partial charge in [0.2, 0.25) is 0 Å². The van der Waals surface area contributed by atoms with E-state index in [2.05, 4.69) is 29.7 Å². The molecule has 0 saturated carbocycles. The van der Waals surface area contributed by atoms with E-state index in [4.69, 9.17) is 17.0 Å². The van der Waals surface area contributed by atoms with E-state index in [0.717, 1.165) is 36.2 Å². The summed E-state index contributed by atoms with van der Waals surface area (Å²) in [4.78, 5) is 13.8. The SMILES string of the molecule is CCC(NC(=S)Nc1sc2c(c1C(=O)OC)CCCCCC2)c1ccccc1. The maximum atomic E-state index is 12.5. The predicted octanol–water partition coefficient (Wildman–Crippen LogP) is 5.63. The van der Waals surface area contributed by atoms with E-state index in [9.17, 15) is 4.79 Å². The van der Waals surface area contributed by atoms with Crippen molar-refractivity contribution in [3.63, 3.8) is 0 Å². The van der Waals surface area contributed by atoms with Crippen LogP contribution in [0.25, 0.3) is 0 Å². The van der Waals surface area contributed by atoms with E-state index in [1.165, 1.54) is 36.8 Å². The molecule has 1 aromatic heterocycles. The van der Waals surface area contributed by atoms with E-state index in [-0.39, 0.29) is 12.0 Å². The van der Waals surface area contributed by atoms with Crippen LogP contribution in [0, 0.1) is 0 Å². The Balaban J connectivity index is 1.81. The molecule has 0 aliphatic heterocycles. The summed E-state index contributed by atoms with van der Waals surface area (Å²) < 4.78 is 5.09. The van der Waals surface area contributed by atoms with Crippen LogP contribution in [0.5, 0.6) is 0 Å². The van der Waals surface area contributed by atoms with Crippen molar-refractivity contribution in [3.8, 4) is 0 Å². The zero-order valence-corrected chi connectivity index (χ0v) is 18.2. The topological polar surface area (TPSA) is 50.4 Å². The summed E-state index contributed by atoms with van der Waals surface area (Å²) in [6.07, 6.45) is 7.62. The molecule has 0 amide bonds. The summed E-state index contributed by atoms with van der Waals surface area (Å²) in [5, 5.41) is 8.03. The molecule has 0 spiro atoms. The number of thiocarbonyl (C=S) groups is 1. The van der Waals surface area contributed by atoms with Gasteiger partial charge in [0.1, 0.15) is 5.00 Å². The van der Waals surface area contributed by atoms with Gasteiger partial charge in [-0.15, -0.1) is 11.3 Å². The molecule has 1 aliphatic rings. The van der Waals surface area contributed by atoms with Crippen LogP contribution < -0.4 is 10.6 Å². The fraction of sp³-hybridized carbons (Fsp3) is 0.455. The summed E-state index contributed by atoms with van der Waals surface area (Å²) >= 11 is 7.24. The fourth-order valence-electron chi connectivity index (χ4n) is 3.73. The number of hydrogen-bond donors (Lipinski definition) is 2. The molecule has 28 heavy (non-hydrogen) atoms. The summed E-state index contributed by atoms with van der Waals surface area (Å²) in [7, 11) is 1.44. The Kier molecular flexibility index (Phi) is 7.45. The molecule has 0 bridgehead atoms. The first-order valence-corrected chi connectivity index (χ1v) is 11.2. The smallest absolute Gasteiger partial charge is 0.341 e. The maximum absolute atomic E-state index is 12.5. The molecule has 4 nitrogen and oxygen atoms in total. The van der Waals surface area contributed by atoms with Crippen LogP contribution in [-0.2, 0) is 17.6 Å². The minimum absolute atomic E-state index is 0.128. The van der Waals surface area contributed by atoms with Gasteiger partial charge in [-0.3, -0.25) is 0 Å². The molecule has 0 radical (unpaired) electrons. The van der Waals surface area contributed by atoms with Gasteiger partial charge in [-0.2, -0.15) is 0 Å². The maximum Gasteiger partial charge on any atom is 0.341 e. The second kappa shape index (κ2) is 10.0. The average Bonchev–Trinajstić information content (AvgIpc) is 3.02. The number of nitrogens with one attached hydrogen (secondary N) is 2. The first kappa shape index (κ1) is 20.8. The van der Waals surface area contributed by atoms with E-state index >= 15 is 0 Å². The van der Waals surface area contributed by atoms with E-state index in [1.54, 1.807) is 11.3 Å². The fourth-order valence-corrected chi connectivity index (χ4v) is 5.32. The van der Waals surface area contributed by atoms with Crippen LogP contribution in [0.2, 0.25) is 0 Å². The largest absolute Gasteiger partial charge is 0.465 e. The molecule has 1 atom stereocenters. The van der Waals surface area contributed by atoms with Gasteiger partial charge in [-0.05, 0) is 55.4 Å². The molecule has 0 saturated heterocycles. The minimum Gasteiger partial charge on any atom is -0.465 e. The van der Waals surface area contributed by atoms with Crippen LogP contribution in [0.1, 0.15) is 71.4 Å². The third kappa shape index (κ3) is 4.92. The normalized spacial score (nSPS) is 14.9. The van der Waals surface area contributed by atoms with Crippen LogP contribution in [-0.4, -0.2) is 18.2 Å². The second-order valence-corrected chi connectivity index (χ2v) is 8.60. The summed E-state index contributed by atoms with van der Waals surface area (Å²) in [5.41, 5.74) is 3.01. The van der Waals surface area contributed by atoms with Gasteiger partial charge in [-0.25, -0.2) is 4.79 Å². The molecule has 0 fully saturated rings. The number of ether oxygens (including phenoxy) is 1. The average molecular weight is 417 g/mol. The van der Waals surface area contributed by atoms with Crippen molar-refractivity contribution in [1.29, 1.82) is 0 Å². The highest BCUT2D eigenvalue weighted by Crippen LogP contribution is 2.37. The Morgan fingerprint density at radius 2 is 1.89 bits per heavy atom. The van der Waals surface area contributed by atoms with Crippen molar-refractivity contribution in [1.82, 2.24) is 5.32 Å². The predicted molar refractivity (Wildman–Crippen MR) is 120 cm³/mol. The number of anilines is 1. The number of aryl methyl sites for hydroxylation is 1. The minimum atomic E-state index is -0.279. The molecule has 1 aromatic carbocycles. The lowest BCUT2D eigenvalue weighted by atomic mass is 9.96. The van der Waals surface area contributed by atoms with Gasteiger partial charge in [0.25, 0.3) is 0 Å². The molecule has 2 aromatic rings. The first-order valence-electron chi connectivity index (χ1n) is 9.99. The molecule has 2 N–H and O–H groups in total. The molecule has 150 valence electrons. The number of methoxy groups -OCH3 is 1. The Morgan fingerprint density at radius 3 is 2.57 bits per heavy atom. The number of rotatable bonds is 5. The quantitative estimate of drug-likeness (QED) is 0.488.